The Balaban J connectivity index is 1.54. The lowest BCUT2D eigenvalue weighted by Crippen LogP contribution is -2.43. The molecule has 1 fully saturated rings. The van der Waals surface area contributed by atoms with Crippen LogP contribution in [0.2, 0.25) is 0 Å². The summed E-state index contributed by atoms with van der Waals surface area (Å²) in [5.74, 6) is 1.71. The van der Waals surface area contributed by atoms with Crippen LogP contribution in [0.5, 0.6) is 0 Å². The molecule has 0 aliphatic carbocycles. The van der Waals surface area contributed by atoms with Gasteiger partial charge in [0, 0.05) is 50.9 Å². The number of rotatable bonds is 6. The van der Waals surface area contributed by atoms with Gasteiger partial charge in [-0.3, -0.25) is 4.79 Å². The number of anilines is 2. The number of aryl methyl sites for hydroxylation is 3. The second-order valence-electron chi connectivity index (χ2n) is 6.49. The first-order valence-corrected chi connectivity index (χ1v) is 9.03. The zero-order valence-electron chi connectivity index (χ0n) is 15.6. The summed E-state index contributed by atoms with van der Waals surface area (Å²) in [6.45, 7) is 6.96. The van der Waals surface area contributed by atoms with Gasteiger partial charge >= 0.3 is 0 Å². The first-order valence-electron chi connectivity index (χ1n) is 9.03. The second-order valence-corrected chi connectivity index (χ2v) is 6.49. The highest BCUT2D eigenvalue weighted by Gasteiger charge is 2.21. The molecule has 26 heavy (non-hydrogen) atoms. The molecule has 1 saturated heterocycles. The minimum atomic E-state index is -0.0990. The maximum atomic E-state index is 11.8. The van der Waals surface area contributed by atoms with Crippen molar-refractivity contribution in [3.8, 4) is 0 Å². The summed E-state index contributed by atoms with van der Waals surface area (Å²) in [5.41, 5.74) is 1.73. The van der Waals surface area contributed by atoms with Gasteiger partial charge in [-0.2, -0.15) is 5.10 Å². The van der Waals surface area contributed by atoms with E-state index in [4.69, 9.17) is 4.74 Å². The van der Waals surface area contributed by atoms with Crippen LogP contribution in [0.3, 0.4) is 0 Å². The first kappa shape index (κ1) is 18.3. The predicted octanol–water partition coefficient (Wildman–Crippen LogP) is 1.15. The molecule has 0 bridgehead atoms. The van der Waals surface area contributed by atoms with Gasteiger partial charge in [0.1, 0.15) is 11.6 Å². The number of hydrogen-bond donors (Lipinski definition) is 1. The van der Waals surface area contributed by atoms with Gasteiger partial charge in [-0.25, -0.2) is 14.6 Å². The van der Waals surface area contributed by atoms with E-state index < -0.39 is 0 Å². The van der Waals surface area contributed by atoms with Gasteiger partial charge in [-0.1, -0.05) is 6.92 Å². The molecule has 0 unspecified atom stereocenters. The molecule has 2 aromatic rings. The van der Waals surface area contributed by atoms with Crippen LogP contribution in [0.1, 0.15) is 24.9 Å². The van der Waals surface area contributed by atoms with E-state index in [2.05, 4.69) is 32.2 Å². The molecule has 1 N–H and O–H groups in total. The normalized spacial score (nSPS) is 17.3. The summed E-state index contributed by atoms with van der Waals surface area (Å²) >= 11 is 0. The fraction of sp³-hybridized carbons (Fsp3) is 0.556. The maximum Gasteiger partial charge on any atom is 0.268 e. The third-order valence-corrected chi connectivity index (χ3v) is 4.45. The quantitative estimate of drug-likeness (QED) is 0.829. The molecule has 0 spiro atoms. The zero-order valence-corrected chi connectivity index (χ0v) is 15.6. The van der Waals surface area contributed by atoms with Crippen molar-refractivity contribution in [2.24, 2.45) is 7.05 Å². The number of nitrogens with one attached hydrogen (secondary N) is 1. The monoisotopic (exact) mass is 358 g/mol. The maximum absolute atomic E-state index is 11.8. The van der Waals surface area contributed by atoms with E-state index in [0.717, 1.165) is 55.5 Å². The van der Waals surface area contributed by atoms with Gasteiger partial charge in [0.2, 0.25) is 0 Å². The SMILES string of the molecule is CCc1nc(C)cc(NCC[C@@H]2CN(c3cnn(C)c(=O)c3)CCO2)n1. The van der Waals surface area contributed by atoms with Gasteiger partial charge < -0.3 is 15.0 Å². The minimum Gasteiger partial charge on any atom is -0.374 e. The molecule has 0 aromatic carbocycles. The van der Waals surface area contributed by atoms with Gasteiger partial charge in [0.05, 0.1) is 24.6 Å². The van der Waals surface area contributed by atoms with Crippen LogP contribution in [-0.4, -0.2) is 52.1 Å². The molecular weight excluding hydrogens is 332 g/mol. The number of hydrogen-bond acceptors (Lipinski definition) is 7. The highest BCUT2D eigenvalue weighted by molar-refractivity contribution is 5.43. The Morgan fingerprint density at radius 2 is 2.19 bits per heavy atom. The summed E-state index contributed by atoms with van der Waals surface area (Å²) in [6.07, 6.45) is 3.52. The molecule has 8 nitrogen and oxygen atoms in total. The van der Waals surface area contributed by atoms with Crippen molar-refractivity contribution in [1.29, 1.82) is 0 Å². The van der Waals surface area contributed by atoms with Crippen LogP contribution in [0, 0.1) is 6.92 Å². The Morgan fingerprint density at radius 1 is 1.35 bits per heavy atom. The molecule has 1 atom stereocenters. The smallest absolute Gasteiger partial charge is 0.268 e. The van der Waals surface area contributed by atoms with Crippen LogP contribution in [0.4, 0.5) is 11.5 Å². The Kier molecular flexibility index (Phi) is 5.82. The lowest BCUT2D eigenvalue weighted by molar-refractivity contribution is 0.0374. The fourth-order valence-electron chi connectivity index (χ4n) is 3.00. The molecule has 0 radical (unpaired) electrons. The molecular formula is C18H26N6O2. The van der Waals surface area contributed by atoms with Crippen molar-refractivity contribution >= 4 is 11.5 Å². The Morgan fingerprint density at radius 3 is 2.96 bits per heavy atom. The number of aromatic nitrogens is 4. The number of ether oxygens (including phenoxy) is 1. The average Bonchev–Trinajstić information content (AvgIpc) is 2.64. The lowest BCUT2D eigenvalue weighted by atomic mass is 10.2. The van der Waals surface area contributed by atoms with Crippen LogP contribution in [0.25, 0.3) is 0 Å². The predicted molar refractivity (Wildman–Crippen MR) is 101 cm³/mol. The van der Waals surface area contributed by atoms with Gasteiger partial charge in [-0.05, 0) is 13.3 Å². The molecule has 1 aliphatic heterocycles. The van der Waals surface area contributed by atoms with Crippen molar-refractivity contribution in [1.82, 2.24) is 19.7 Å². The minimum absolute atomic E-state index is 0.0990. The summed E-state index contributed by atoms with van der Waals surface area (Å²) < 4.78 is 7.21. The standard InChI is InChI=1S/C18H26N6O2/c1-4-16-21-13(2)9-17(22-16)19-6-5-15-12-24(7-8-26-15)14-10-18(25)23(3)20-11-14/h9-11,15H,4-8,12H2,1-3H3,(H,19,21,22)/t15-/m1/s1. The van der Waals surface area contributed by atoms with Gasteiger partial charge in [0.25, 0.3) is 5.56 Å². The highest BCUT2D eigenvalue weighted by atomic mass is 16.5. The summed E-state index contributed by atoms with van der Waals surface area (Å²) in [7, 11) is 1.65. The summed E-state index contributed by atoms with van der Waals surface area (Å²) in [4.78, 5) is 22.8. The molecule has 3 rings (SSSR count). The van der Waals surface area contributed by atoms with Crippen LogP contribution < -0.4 is 15.8 Å². The lowest BCUT2D eigenvalue weighted by Gasteiger charge is -2.34. The third kappa shape index (κ3) is 4.57. The highest BCUT2D eigenvalue weighted by Crippen LogP contribution is 2.16. The topological polar surface area (TPSA) is 85.2 Å². The van der Waals surface area contributed by atoms with E-state index in [1.807, 2.05) is 13.0 Å². The average molecular weight is 358 g/mol. The molecule has 8 heteroatoms. The van der Waals surface area contributed by atoms with E-state index in [1.165, 1.54) is 4.68 Å². The summed E-state index contributed by atoms with van der Waals surface area (Å²) in [6, 6.07) is 3.59. The Hall–Kier alpha value is -2.48. The van der Waals surface area contributed by atoms with E-state index in [0.29, 0.717) is 6.61 Å². The van der Waals surface area contributed by atoms with Crippen LogP contribution >= 0.6 is 0 Å². The molecule has 3 heterocycles. The van der Waals surface area contributed by atoms with Gasteiger partial charge in [0.15, 0.2) is 0 Å². The van der Waals surface area contributed by atoms with Crippen molar-refractivity contribution in [2.75, 3.05) is 36.5 Å². The van der Waals surface area contributed by atoms with E-state index >= 15 is 0 Å². The third-order valence-electron chi connectivity index (χ3n) is 4.45. The second kappa shape index (κ2) is 8.27. The van der Waals surface area contributed by atoms with Crippen molar-refractivity contribution < 1.29 is 4.74 Å². The van der Waals surface area contributed by atoms with Crippen LogP contribution in [-0.2, 0) is 18.2 Å². The van der Waals surface area contributed by atoms with E-state index in [1.54, 1.807) is 19.3 Å². The van der Waals surface area contributed by atoms with Crippen molar-refractivity contribution in [3.05, 3.63) is 40.2 Å². The van der Waals surface area contributed by atoms with Crippen molar-refractivity contribution in [3.63, 3.8) is 0 Å². The molecule has 0 saturated carbocycles. The summed E-state index contributed by atoms with van der Waals surface area (Å²) in [5, 5.41) is 7.46. The van der Waals surface area contributed by atoms with E-state index in [9.17, 15) is 4.79 Å². The Bertz CT molecular complexity index is 807. The van der Waals surface area contributed by atoms with Crippen molar-refractivity contribution in [2.45, 2.75) is 32.8 Å². The molecule has 0 amide bonds. The zero-order chi connectivity index (χ0) is 18.5. The Labute approximate surface area is 153 Å². The van der Waals surface area contributed by atoms with Gasteiger partial charge in [-0.15, -0.1) is 0 Å². The number of morpholine rings is 1. The fourth-order valence-corrected chi connectivity index (χ4v) is 3.00. The van der Waals surface area contributed by atoms with Crippen LogP contribution in [0.15, 0.2) is 23.1 Å². The first-order chi connectivity index (χ1) is 12.5. The molecule has 1 aliphatic rings. The molecule has 2 aromatic heterocycles. The molecule has 140 valence electrons. The largest absolute Gasteiger partial charge is 0.374 e. The van der Waals surface area contributed by atoms with E-state index in [-0.39, 0.29) is 11.7 Å². The number of nitrogens with zero attached hydrogens (tertiary/aromatic N) is 5.